The molecule has 0 radical (unpaired) electrons. The maximum Gasteiger partial charge on any atom is 0.472 e. The Balaban J connectivity index is 4.03. The molecule has 0 aliphatic heterocycles. The zero-order valence-corrected chi connectivity index (χ0v) is 54.8. The summed E-state index contributed by atoms with van der Waals surface area (Å²) in [7, 11) is 1.59. The fraction of sp³-hybridized carbons (Fsp3) is 0.929. The minimum atomic E-state index is -4.35. The molecule has 0 bridgehead atoms. The molecule has 0 saturated carbocycles. The number of carbonyl (C=O) groups is 1. The molecule has 0 rings (SSSR count). The van der Waals surface area contributed by atoms with Crippen LogP contribution in [-0.4, -0.2) is 73.4 Å². The third-order valence-electron chi connectivity index (χ3n) is 16.4. The normalized spacial score (nSPS) is 13.8. The van der Waals surface area contributed by atoms with Crippen LogP contribution in [0, 0.1) is 0 Å². The molecule has 0 aromatic rings. The van der Waals surface area contributed by atoms with E-state index in [1.807, 2.05) is 27.2 Å². The highest BCUT2D eigenvalue weighted by molar-refractivity contribution is 7.47. The van der Waals surface area contributed by atoms with Gasteiger partial charge in [0, 0.05) is 6.42 Å². The average molecular weight is 1140 g/mol. The van der Waals surface area contributed by atoms with Crippen molar-refractivity contribution in [2.24, 2.45) is 0 Å². The topological polar surface area (TPSA) is 105 Å². The lowest BCUT2D eigenvalue weighted by Gasteiger charge is -2.25. The van der Waals surface area contributed by atoms with Crippen LogP contribution in [0.15, 0.2) is 24.3 Å². The molecular formula is C70H140N2O6P+. The van der Waals surface area contributed by atoms with Crippen LogP contribution in [0.1, 0.15) is 367 Å². The molecule has 0 saturated heterocycles. The van der Waals surface area contributed by atoms with Crippen LogP contribution in [-0.2, 0) is 18.4 Å². The summed E-state index contributed by atoms with van der Waals surface area (Å²) in [5.41, 5.74) is 0. The first-order chi connectivity index (χ1) is 38.5. The first-order valence-corrected chi connectivity index (χ1v) is 36.7. The van der Waals surface area contributed by atoms with Gasteiger partial charge < -0.3 is 19.8 Å². The van der Waals surface area contributed by atoms with Crippen molar-refractivity contribution in [3.8, 4) is 0 Å². The Bertz CT molecular complexity index is 1340. The van der Waals surface area contributed by atoms with Crippen molar-refractivity contribution in [2.45, 2.75) is 379 Å². The molecule has 3 unspecified atom stereocenters. The van der Waals surface area contributed by atoms with Gasteiger partial charge in [0.05, 0.1) is 39.9 Å². The zero-order valence-electron chi connectivity index (χ0n) is 53.9. The second-order valence-corrected chi connectivity index (χ2v) is 27.1. The highest BCUT2D eigenvalue weighted by Crippen LogP contribution is 2.43. The van der Waals surface area contributed by atoms with Gasteiger partial charge in [0.15, 0.2) is 0 Å². The Morgan fingerprint density at radius 2 is 0.684 bits per heavy atom. The summed E-state index contributed by atoms with van der Waals surface area (Å²) >= 11 is 0. The fourth-order valence-corrected chi connectivity index (χ4v) is 11.7. The van der Waals surface area contributed by atoms with Crippen molar-refractivity contribution in [2.75, 3.05) is 40.9 Å². The molecule has 9 heteroatoms. The second-order valence-electron chi connectivity index (χ2n) is 25.6. The van der Waals surface area contributed by atoms with Crippen LogP contribution < -0.4 is 5.32 Å². The number of amides is 1. The van der Waals surface area contributed by atoms with E-state index in [2.05, 4.69) is 31.3 Å². The molecular weight excluding hydrogens is 996 g/mol. The monoisotopic (exact) mass is 1140 g/mol. The highest BCUT2D eigenvalue weighted by atomic mass is 31.2. The number of aliphatic hydroxyl groups excluding tert-OH is 1. The predicted octanol–water partition coefficient (Wildman–Crippen LogP) is 22.3. The third-order valence-corrected chi connectivity index (χ3v) is 17.4. The minimum Gasteiger partial charge on any atom is -0.387 e. The van der Waals surface area contributed by atoms with E-state index in [-0.39, 0.29) is 19.1 Å². The number of nitrogens with zero attached hydrogens (tertiary/aromatic N) is 1. The Morgan fingerprint density at radius 3 is 0.975 bits per heavy atom. The maximum absolute atomic E-state index is 13.0. The van der Waals surface area contributed by atoms with Crippen LogP contribution in [0.25, 0.3) is 0 Å². The lowest BCUT2D eigenvalue weighted by molar-refractivity contribution is -0.870. The Kier molecular flexibility index (Phi) is 60.7. The summed E-state index contributed by atoms with van der Waals surface area (Å²) in [4.78, 5) is 23.4. The molecule has 0 aromatic carbocycles. The molecule has 470 valence electrons. The molecule has 3 N–H and O–H groups in total. The van der Waals surface area contributed by atoms with Crippen molar-refractivity contribution in [1.29, 1.82) is 0 Å². The molecule has 0 aliphatic carbocycles. The summed E-state index contributed by atoms with van der Waals surface area (Å²) in [6, 6.07) is -0.846. The van der Waals surface area contributed by atoms with E-state index in [4.69, 9.17) is 9.05 Å². The number of nitrogens with one attached hydrogen (secondary N) is 1. The Morgan fingerprint density at radius 1 is 0.418 bits per heavy atom. The van der Waals surface area contributed by atoms with E-state index >= 15 is 0 Å². The van der Waals surface area contributed by atoms with Crippen molar-refractivity contribution >= 4 is 13.7 Å². The minimum absolute atomic E-state index is 0.0639. The van der Waals surface area contributed by atoms with E-state index in [1.165, 1.54) is 315 Å². The Hall–Kier alpha value is -1.02. The van der Waals surface area contributed by atoms with Crippen LogP contribution >= 0.6 is 7.82 Å². The number of rotatable bonds is 66. The summed E-state index contributed by atoms with van der Waals surface area (Å²) < 4.78 is 23.8. The molecule has 0 aromatic heterocycles. The number of hydrogen-bond donors (Lipinski definition) is 3. The average Bonchev–Trinajstić information content (AvgIpc) is 3.42. The number of phosphoric ester groups is 1. The van der Waals surface area contributed by atoms with E-state index in [0.717, 1.165) is 32.1 Å². The molecule has 1 amide bonds. The summed E-state index contributed by atoms with van der Waals surface area (Å²) in [5.74, 6) is -0.170. The number of carbonyl (C=O) groups excluding carboxylic acids is 1. The van der Waals surface area contributed by atoms with Crippen LogP contribution in [0.5, 0.6) is 0 Å². The summed E-state index contributed by atoms with van der Waals surface area (Å²) in [6.45, 7) is 4.88. The first kappa shape index (κ1) is 78.0. The zero-order chi connectivity index (χ0) is 57.7. The number of phosphoric acid groups is 1. The van der Waals surface area contributed by atoms with Gasteiger partial charge in [-0.3, -0.25) is 13.8 Å². The molecule has 79 heavy (non-hydrogen) atoms. The van der Waals surface area contributed by atoms with Crippen LogP contribution in [0.4, 0.5) is 0 Å². The van der Waals surface area contributed by atoms with Crippen molar-refractivity contribution in [3.05, 3.63) is 24.3 Å². The number of allylic oxidation sites excluding steroid dienone is 3. The number of unbranched alkanes of at least 4 members (excludes halogenated alkanes) is 51. The van der Waals surface area contributed by atoms with Crippen molar-refractivity contribution in [1.82, 2.24) is 5.32 Å². The van der Waals surface area contributed by atoms with E-state index in [9.17, 15) is 19.4 Å². The van der Waals surface area contributed by atoms with Gasteiger partial charge in [-0.25, -0.2) is 4.57 Å². The van der Waals surface area contributed by atoms with Gasteiger partial charge in [0.1, 0.15) is 13.2 Å². The molecule has 0 heterocycles. The third kappa shape index (κ3) is 64.4. The standard InChI is InChI=1S/C70H139N2O6P/c1-6-8-10-12-14-16-18-20-22-24-26-28-30-32-33-34-35-36-37-38-40-41-43-45-47-49-51-53-55-57-59-61-63-69(73)68(67-78-79(75,76)77-66-65-72(3,4)5)71-70(74)64-62-60-58-56-54-52-50-48-46-44-42-39-31-29-27-25-23-21-19-17-15-13-11-9-7-2/h25,27,61,63,68-69,73H,6-24,26,28-60,62,64-67H2,1-5H3,(H-,71,74,75,76)/p+1/b27-25-,63-61+. The van der Waals surface area contributed by atoms with E-state index in [0.29, 0.717) is 17.4 Å². The molecule has 8 nitrogen and oxygen atoms in total. The van der Waals surface area contributed by atoms with E-state index in [1.54, 1.807) is 6.08 Å². The van der Waals surface area contributed by atoms with Gasteiger partial charge in [-0.1, -0.05) is 340 Å². The highest BCUT2D eigenvalue weighted by Gasteiger charge is 2.28. The largest absolute Gasteiger partial charge is 0.472 e. The van der Waals surface area contributed by atoms with Gasteiger partial charge in [0.2, 0.25) is 5.91 Å². The lowest BCUT2D eigenvalue weighted by Crippen LogP contribution is -2.45. The fourth-order valence-electron chi connectivity index (χ4n) is 10.9. The SMILES string of the molecule is CCCCCCCCCC/C=C\CCCCCCCCCCCCCCCC(=O)NC(COP(=O)(O)OCC[N+](C)(C)C)C(O)/C=C/CCCCCCCCCCCCCCCCCCCCCCCCCCCCCCCC. The van der Waals surface area contributed by atoms with Gasteiger partial charge in [-0.05, 0) is 44.9 Å². The number of aliphatic hydroxyl groups is 1. The van der Waals surface area contributed by atoms with Gasteiger partial charge in [-0.15, -0.1) is 0 Å². The first-order valence-electron chi connectivity index (χ1n) is 35.2. The van der Waals surface area contributed by atoms with Gasteiger partial charge in [-0.2, -0.15) is 0 Å². The summed E-state index contributed by atoms with van der Waals surface area (Å²) in [5, 5.41) is 14.0. The molecule has 3 atom stereocenters. The molecule has 0 aliphatic rings. The van der Waals surface area contributed by atoms with Crippen molar-refractivity contribution < 1.29 is 32.9 Å². The van der Waals surface area contributed by atoms with Crippen molar-refractivity contribution in [3.63, 3.8) is 0 Å². The van der Waals surface area contributed by atoms with Gasteiger partial charge >= 0.3 is 7.82 Å². The van der Waals surface area contributed by atoms with Gasteiger partial charge in [0.25, 0.3) is 0 Å². The maximum atomic E-state index is 13.0. The van der Waals surface area contributed by atoms with E-state index < -0.39 is 20.0 Å². The Labute approximate surface area is 494 Å². The molecule has 0 spiro atoms. The predicted molar refractivity (Wildman–Crippen MR) is 346 cm³/mol. The van der Waals surface area contributed by atoms with Crippen LogP contribution in [0.3, 0.4) is 0 Å². The summed E-state index contributed by atoms with van der Waals surface area (Å²) in [6.07, 6.45) is 80.4. The molecule has 0 fully saturated rings. The van der Waals surface area contributed by atoms with Crippen LogP contribution in [0.2, 0.25) is 0 Å². The lowest BCUT2D eigenvalue weighted by atomic mass is 10.0. The number of likely N-dealkylation sites (N-methyl/N-ethyl adjacent to an activating group) is 1. The quantitative estimate of drug-likeness (QED) is 0.0243. The second kappa shape index (κ2) is 61.5. The smallest absolute Gasteiger partial charge is 0.387 e. The number of hydrogen-bond acceptors (Lipinski definition) is 5. The number of quaternary nitrogens is 1.